The van der Waals surface area contributed by atoms with E-state index in [4.69, 9.17) is 9.47 Å². The van der Waals surface area contributed by atoms with Crippen molar-refractivity contribution in [2.45, 2.75) is 24.1 Å². The maximum atomic E-state index is 12.7. The van der Waals surface area contributed by atoms with Crippen molar-refractivity contribution in [1.82, 2.24) is 10.2 Å². The van der Waals surface area contributed by atoms with Gasteiger partial charge in [-0.05, 0) is 23.3 Å². The molecule has 2 saturated heterocycles. The largest absolute Gasteiger partial charge is 0.484 e. The highest BCUT2D eigenvalue weighted by atomic mass is 32.2. The van der Waals surface area contributed by atoms with Crippen LogP contribution in [0.25, 0.3) is 0 Å². The lowest BCUT2D eigenvalue weighted by molar-refractivity contribution is -0.164. The monoisotopic (exact) mass is 438 g/mol. The van der Waals surface area contributed by atoms with E-state index >= 15 is 0 Å². The quantitative estimate of drug-likeness (QED) is 0.405. The van der Waals surface area contributed by atoms with E-state index in [1.807, 2.05) is 48.5 Å². The molecule has 2 aliphatic rings. The number of carbonyl (C=O) groups excluding carboxylic acids is 3. The molecular formula is C23H22N2O5S. The lowest BCUT2D eigenvalue weighted by atomic mass is 9.98. The van der Waals surface area contributed by atoms with Gasteiger partial charge in [-0.25, -0.2) is 4.79 Å². The zero-order valence-electron chi connectivity index (χ0n) is 16.7. The van der Waals surface area contributed by atoms with Crippen LogP contribution in [-0.2, 0) is 25.7 Å². The molecule has 2 aromatic rings. The maximum Gasteiger partial charge on any atom is 0.333 e. The molecule has 3 atom stereocenters. The minimum atomic E-state index is -0.837. The number of β-lactam (4-membered cyclic amide) rings is 1. The van der Waals surface area contributed by atoms with Gasteiger partial charge in [-0.1, -0.05) is 55.1 Å². The molecule has 160 valence electrons. The minimum Gasteiger partial charge on any atom is -0.484 e. The second-order valence-corrected chi connectivity index (χ2v) is 8.35. The molecule has 0 bridgehead atoms. The second kappa shape index (κ2) is 9.26. The Morgan fingerprint density at radius 2 is 1.77 bits per heavy atom. The van der Waals surface area contributed by atoms with Gasteiger partial charge in [-0.3, -0.25) is 9.59 Å². The summed E-state index contributed by atoms with van der Waals surface area (Å²) in [6, 6.07) is 16.8. The number of hydrogen-bond acceptors (Lipinski definition) is 6. The normalized spacial score (nSPS) is 22.2. The van der Waals surface area contributed by atoms with Gasteiger partial charge in [0, 0.05) is 5.75 Å². The Bertz CT molecular complexity index is 982. The summed E-state index contributed by atoms with van der Waals surface area (Å²) in [6.07, 6.45) is 0. The molecule has 0 spiro atoms. The zero-order valence-corrected chi connectivity index (χ0v) is 17.5. The van der Waals surface area contributed by atoms with E-state index in [0.29, 0.717) is 17.1 Å². The summed E-state index contributed by atoms with van der Waals surface area (Å²) in [5, 5.41) is 2.37. The number of fused-ring (bicyclic) bond motifs is 1. The van der Waals surface area contributed by atoms with Gasteiger partial charge in [0.25, 0.3) is 5.91 Å². The van der Waals surface area contributed by atoms with Crippen LogP contribution in [0, 0.1) is 0 Å². The standard InChI is InChI=1S/C23H22N2O5S/c1-15-14-31-22-19(24-18(26)13-29-17-10-6-3-7-11-17)21(27)25(22)20(15)23(28)30-12-16-8-4-2-5-9-16/h2-11,19-20,22H,1,12-14H2,(H,24,26)/t19?,20?,22-/m0/s1. The van der Waals surface area contributed by atoms with Crippen LogP contribution in [0.1, 0.15) is 5.56 Å². The third-order valence-electron chi connectivity index (χ3n) is 5.06. The average Bonchev–Trinajstić information content (AvgIpc) is 2.80. The van der Waals surface area contributed by atoms with Gasteiger partial charge >= 0.3 is 5.97 Å². The van der Waals surface area contributed by atoms with Crippen molar-refractivity contribution in [2.75, 3.05) is 12.4 Å². The molecule has 2 aliphatic heterocycles. The highest BCUT2D eigenvalue weighted by Gasteiger charge is 2.56. The topological polar surface area (TPSA) is 84.9 Å². The van der Waals surface area contributed by atoms with E-state index in [-0.39, 0.29) is 24.5 Å². The van der Waals surface area contributed by atoms with Gasteiger partial charge < -0.3 is 19.7 Å². The van der Waals surface area contributed by atoms with Crippen LogP contribution in [0.4, 0.5) is 0 Å². The van der Waals surface area contributed by atoms with Crippen molar-refractivity contribution in [2.24, 2.45) is 0 Å². The van der Waals surface area contributed by atoms with E-state index in [1.54, 1.807) is 12.1 Å². The van der Waals surface area contributed by atoms with Crippen LogP contribution < -0.4 is 10.1 Å². The zero-order chi connectivity index (χ0) is 21.8. The third-order valence-corrected chi connectivity index (χ3v) is 6.44. The number of rotatable bonds is 7. The molecule has 2 amide bonds. The van der Waals surface area contributed by atoms with Crippen LogP contribution in [0.5, 0.6) is 5.75 Å². The fourth-order valence-corrected chi connectivity index (χ4v) is 4.81. The van der Waals surface area contributed by atoms with E-state index in [2.05, 4.69) is 11.9 Å². The number of nitrogens with zero attached hydrogens (tertiary/aromatic N) is 1. The SMILES string of the molecule is C=C1CS[C@H]2C(NC(=O)COc3ccccc3)C(=O)N2C1C(=O)OCc1ccccc1. The highest BCUT2D eigenvalue weighted by molar-refractivity contribution is 8.00. The molecule has 0 aromatic heterocycles. The van der Waals surface area contributed by atoms with Crippen molar-refractivity contribution in [3.8, 4) is 5.75 Å². The molecule has 1 N–H and O–H groups in total. The first-order valence-corrected chi connectivity index (χ1v) is 10.9. The Morgan fingerprint density at radius 3 is 2.48 bits per heavy atom. The summed E-state index contributed by atoms with van der Waals surface area (Å²) < 4.78 is 10.9. The Balaban J connectivity index is 1.33. The summed E-state index contributed by atoms with van der Waals surface area (Å²) in [5.41, 5.74) is 1.48. The van der Waals surface area contributed by atoms with E-state index in [9.17, 15) is 14.4 Å². The predicted octanol–water partition coefficient (Wildman–Crippen LogP) is 2.13. The molecule has 2 fully saturated rings. The first kappa shape index (κ1) is 21.0. The van der Waals surface area contributed by atoms with Gasteiger partial charge in [0.05, 0.1) is 0 Å². The van der Waals surface area contributed by atoms with Crippen LogP contribution in [-0.4, -0.2) is 52.5 Å². The molecule has 2 heterocycles. The van der Waals surface area contributed by atoms with Gasteiger partial charge in [-0.2, -0.15) is 0 Å². The second-order valence-electron chi connectivity index (χ2n) is 7.25. The lowest BCUT2D eigenvalue weighted by Gasteiger charge is -2.52. The number of ether oxygens (including phenoxy) is 2. The average molecular weight is 439 g/mol. The fraction of sp³-hybridized carbons (Fsp3) is 0.261. The van der Waals surface area contributed by atoms with Crippen molar-refractivity contribution >= 4 is 29.5 Å². The first-order valence-electron chi connectivity index (χ1n) is 9.84. The molecule has 2 aromatic carbocycles. The Labute approximate surface area is 184 Å². The van der Waals surface area contributed by atoms with Crippen molar-refractivity contribution < 1.29 is 23.9 Å². The number of thioether (sulfide) groups is 1. The molecule has 4 rings (SSSR count). The smallest absolute Gasteiger partial charge is 0.333 e. The number of benzene rings is 2. The molecule has 31 heavy (non-hydrogen) atoms. The van der Waals surface area contributed by atoms with Gasteiger partial charge in [0.1, 0.15) is 23.8 Å². The molecular weight excluding hydrogens is 416 g/mol. The Hall–Kier alpha value is -3.26. The van der Waals surface area contributed by atoms with E-state index in [1.165, 1.54) is 16.7 Å². The van der Waals surface area contributed by atoms with Gasteiger partial charge in [0.2, 0.25) is 5.91 Å². The number of carbonyl (C=O) groups is 3. The van der Waals surface area contributed by atoms with E-state index < -0.39 is 24.0 Å². The first-order chi connectivity index (χ1) is 15.0. The van der Waals surface area contributed by atoms with Crippen LogP contribution >= 0.6 is 11.8 Å². The number of para-hydroxylation sites is 1. The molecule has 0 saturated carbocycles. The Kier molecular flexibility index (Phi) is 6.27. The van der Waals surface area contributed by atoms with Crippen LogP contribution in [0.15, 0.2) is 72.8 Å². The molecule has 2 unspecified atom stereocenters. The fourth-order valence-electron chi connectivity index (χ4n) is 3.51. The predicted molar refractivity (Wildman–Crippen MR) is 116 cm³/mol. The highest BCUT2D eigenvalue weighted by Crippen LogP contribution is 2.40. The summed E-state index contributed by atoms with van der Waals surface area (Å²) in [6.45, 7) is 3.88. The molecule has 8 heteroatoms. The number of nitrogens with one attached hydrogen (secondary N) is 1. The molecule has 0 radical (unpaired) electrons. The van der Waals surface area contributed by atoms with Gasteiger partial charge in [-0.15, -0.1) is 11.8 Å². The Morgan fingerprint density at radius 1 is 1.10 bits per heavy atom. The third kappa shape index (κ3) is 4.59. The summed E-state index contributed by atoms with van der Waals surface area (Å²) >= 11 is 1.47. The molecule has 7 nitrogen and oxygen atoms in total. The number of amides is 2. The number of esters is 1. The van der Waals surface area contributed by atoms with Crippen molar-refractivity contribution in [3.63, 3.8) is 0 Å². The lowest BCUT2D eigenvalue weighted by Crippen LogP contribution is -2.74. The summed E-state index contributed by atoms with van der Waals surface area (Å²) in [7, 11) is 0. The minimum absolute atomic E-state index is 0.125. The van der Waals surface area contributed by atoms with Crippen LogP contribution in [0.2, 0.25) is 0 Å². The van der Waals surface area contributed by atoms with Crippen LogP contribution in [0.3, 0.4) is 0 Å². The summed E-state index contributed by atoms with van der Waals surface area (Å²) in [5.74, 6) is -0.150. The maximum absolute atomic E-state index is 12.7. The van der Waals surface area contributed by atoms with Crippen molar-refractivity contribution in [3.05, 3.63) is 78.4 Å². The summed E-state index contributed by atoms with van der Waals surface area (Å²) in [4.78, 5) is 39.2. The number of hydrogen-bond donors (Lipinski definition) is 1. The van der Waals surface area contributed by atoms with Crippen molar-refractivity contribution in [1.29, 1.82) is 0 Å². The van der Waals surface area contributed by atoms with Gasteiger partial charge in [0.15, 0.2) is 12.6 Å². The molecule has 0 aliphatic carbocycles. The van der Waals surface area contributed by atoms with E-state index in [0.717, 1.165) is 5.56 Å².